The first-order chi connectivity index (χ1) is 21.4. The summed E-state index contributed by atoms with van der Waals surface area (Å²) in [4.78, 5) is 19.7. The lowest BCUT2D eigenvalue weighted by Crippen LogP contribution is -2.40. The Morgan fingerprint density at radius 1 is 1.04 bits per heavy atom. The molecule has 0 fully saturated rings. The number of carbonyl (C=O) groups excluding carboxylic acids is 1. The van der Waals surface area contributed by atoms with Crippen LogP contribution in [-0.4, -0.2) is 75.6 Å². The van der Waals surface area contributed by atoms with E-state index in [-0.39, 0.29) is 5.24 Å². The number of benzene rings is 3. The lowest BCUT2D eigenvalue weighted by atomic mass is 9.93. The molecule has 12 heteroatoms. The number of hydrazone groups is 1. The van der Waals surface area contributed by atoms with Gasteiger partial charge in [0.15, 0.2) is 11.5 Å². The number of carbonyl (C=O) groups is 1. The van der Waals surface area contributed by atoms with Crippen LogP contribution in [0.4, 0.5) is 16.2 Å². The number of hydrogen-bond acceptors (Lipinski definition) is 8. The lowest BCUT2D eigenvalue weighted by Gasteiger charge is -2.35. The standard InChI is InChI=1S/C33H39N5O5S2/c1-33(2)30(35-37(3)32(39)44-33)24-11-15-27-23(20-24)8-7-19-38(27)31(25-12-16-28(42-4)29(21-25)43-5)34-18-17-22-9-13-26(14-10-22)36-45(6,40)41/h9-16,20-21,36H,7-8,17-19H2,1-6H3. The van der Waals surface area contributed by atoms with Crippen LogP contribution in [-0.2, 0) is 22.9 Å². The van der Waals surface area contributed by atoms with Crippen LogP contribution in [0, 0.1) is 0 Å². The van der Waals surface area contributed by atoms with Gasteiger partial charge in [0, 0.05) is 37.1 Å². The zero-order valence-electron chi connectivity index (χ0n) is 26.5. The van der Waals surface area contributed by atoms with Gasteiger partial charge in [0.1, 0.15) is 5.84 Å². The Kier molecular flexibility index (Phi) is 9.45. The number of sulfonamides is 1. The number of amides is 1. The van der Waals surface area contributed by atoms with E-state index in [4.69, 9.17) is 14.5 Å². The molecule has 45 heavy (non-hydrogen) atoms. The molecular formula is C33H39N5O5S2. The van der Waals surface area contributed by atoms with E-state index in [9.17, 15) is 13.2 Å². The summed E-state index contributed by atoms with van der Waals surface area (Å²) in [5.41, 5.74) is 6.65. The largest absolute Gasteiger partial charge is 0.493 e. The van der Waals surface area contributed by atoms with E-state index in [0.717, 1.165) is 59.6 Å². The summed E-state index contributed by atoms with van der Waals surface area (Å²) >= 11 is 1.29. The molecule has 2 heterocycles. The highest BCUT2D eigenvalue weighted by Gasteiger charge is 2.37. The molecule has 1 N–H and O–H groups in total. The highest BCUT2D eigenvalue weighted by molar-refractivity contribution is 8.15. The van der Waals surface area contributed by atoms with E-state index in [2.05, 4.69) is 32.9 Å². The highest BCUT2D eigenvalue weighted by Crippen LogP contribution is 2.38. The molecule has 0 saturated carbocycles. The van der Waals surface area contributed by atoms with Crippen molar-refractivity contribution in [2.75, 3.05) is 50.2 Å². The van der Waals surface area contributed by atoms with Gasteiger partial charge in [-0.3, -0.25) is 14.5 Å². The van der Waals surface area contributed by atoms with Gasteiger partial charge in [0.2, 0.25) is 10.0 Å². The van der Waals surface area contributed by atoms with Gasteiger partial charge in [0.05, 0.1) is 30.9 Å². The number of methoxy groups -OCH3 is 2. The van der Waals surface area contributed by atoms with Crippen molar-refractivity contribution in [1.29, 1.82) is 0 Å². The van der Waals surface area contributed by atoms with Gasteiger partial charge in [0.25, 0.3) is 0 Å². The monoisotopic (exact) mass is 649 g/mol. The van der Waals surface area contributed by atoms with Gasteiger partial charge < -0.3 is 14.4 Å². The van der Waals surface area contributed by atoms with Gasteiger partial charge in [-0.2, -0.15) is 5.10 Å². The van der Waals surface area contributed by atoms with Crippen molar-refractivity contribution in [3.05, 3.63) is 82.9 Å². The van der Waals surface area contributed by atoms with E-state index >= 15 is 0 Å². The number of amidine groups is 1. The molecule has 0 saturated heterocycles. The van der Waals surface area contributed by atoms with Crippen LogP contribution in [0.25, 0.3) is 0 Å². The molecule has 0 unspecified atom stereocenters. The molecule has 10 nitrogen and oxygen atoms in total. The van der Waals surface area contributed by atoms with Crippen LogP contribution in [0.3, 0.4) is 0 Å². The van der Waals surface area contributed by atoms with Crippen molar-refractivity contribution in [1.82, 2.24) is 5.01 Å². The van der Waals surface area contributed by atoms with Crippen LogP contribution >= 0.6 is 11.8 Å². The average Bonchev–Trinajstić information content (AvgIpc) is 3.00. The molecule has 0 atom stereocenters. The number of aryl methyl sites for hydroxylation is 1. The smallest absolute Gasteiger partial charge is 0.302 e. The van der Waals surface area contributed by atoms with Crippen LogP contribution in [0.1, 0.15) is 42.5 Å². The minimum Gasteiger partial charge on any atom is -0.493 e. The predicted molar refractivity (Wildman–Crippen MR) is 183 cm³/mol. The zero-order valence-corrected chi connectivity index (χ0v) is 28.1. The summed E-state index contributed by atoms with van der Waals surface area (Å²) in [5.74, 6) is 2.10. The molecule has 0 radical (unpaired) electrons. The Bertz CT molecular complexity index is 1750. The highest BCUT2D eigenvalue weighted by atomic mass is 32.2. The first-order valence-electron chi connectivity index (χ1n) is 14.7. The second-order valence-corrected chi connectivity index (χ2v) is 14.9. The second-order valence-electron chi connectivity index (χ2n) is 11.5. The van der Waals surface area contributed by atoms with E-state index in [1.165, 1.54) is 22.3 Å². The van der Waals surface area contributed by atoms with Crippen molar-refractivity contribution in [3.8, 4) is 11.5 Å². The Labute approximate surface area is 269 Å². The number of aliphatic imine (C=N–C) groups is 1. The molecule has 2 aliphatic heterocycles. The van der Waals surface area contributed by atoms with Gasteiger partial charge in [-0.05, 0) is 92.3 Å². The fraction of sp³-hybridized carbons (Fsp3) is 0.364. The van der Waals surface area contributed by atoms with Crippen molar-refractivity contribution in [3.63, 3.8) is 0 Å². The van der Waals surface area contributed by atoms with E-state index in [1.807, 2.05) is 44.2 Å². The number of rotatable bonds is 9. The third kappa shape index (κ3) is 7.45. The first-order valence-corrected chi connectivity index (χ1v) is 17.4. The molecule has 5 rings (SSSR count). The molecule has 0 bridgehead atoms. The summed E-state index contributed by atoms with van der Waals surface area (Å²) in [6.45, 7) is 5.38. The summed E-state index contributed by atoms with van der Waals surface area (Å²) in [5, 5.41) is 5.99. The van der Waals surface area contributed by atoms with Gasteiger partial charge >= 0.3 is 5.24 Å². The Hall–Kier alpha value is -4.03. The molecular weight excluding hydrogens is 611 g/mol. The molecule has 1 amide bonds. The molecule has 238 valence electrons. The van der Waals surface area contributed by atoms with Crippen LogP contribution in [0.15, 0.2) is 70.8 Å². The first kappa shape index (κ1) is 32.4. The average molecular weight is 650 g/mol. The fourth-order valence-electron chi connectivity index (χ4n) is 5.57. The van der Waals surface area contributed by atoms with Crippen molar-refractivity contribution in [2.45, 2.75) is 37.9 Å². The Morgan fingerprint density at radius 3 is 2.47 bits per heavy atom. The number of ether oxygens (including phenoxy) is 2. The number of fused-ring (bicyclic) bond motifs is 1. The van der Waals surface area contributed by atoms with Crippen LogP contribution < -0.4 is 19.1 Å². The maximum Gasteiger partial charge on any atom is 0.302 e. The van der Waals surface area contributed by atoms with E-state index in [0.29, 0.717) is 30.2 Å². The maximum absolute atomic E-state index is 12.3. The Balaban J connectivity index is 1.48. The number of nitrogens with zero attached hydrogens (tertiary/aromatic N) is 4. The van der Waals surface area contributed by atoms with Crippen LogP contribution in [0.2, 0.25) is 0 Å². The second kappa shape index (κ2) is 13.1. The summed E-state index contributed by atoms with van der Waals surface area (Å²) < 4.78 is 36.3. The molecule has 0 aromatic heterocycles. The zero-order chi connectivity index (χ0) is 32.4. The molecule has 0 aliphatic carbocycles. The van der Waals surface area contributed by atoms with Crippen molar-refractivity contribution < 1.29 is 22.7 Å². The van der Waals surface area contributed by atoms with Gasteiger partial charge in [-0.25, -0.2) is 13.4 Å². The van der Waals surface area contributed by atoms with E-state index in [1.54, 1.807) is 33.4 Å². The van der Waals surface area contributed by atoms with Crippen LogP contribution in [0.5, 0.6) is 11.5 Å². The van der Waals surface area contributed by atoms with Crippen molar-refractivity contribution >= 4 is 49.9 Å². The number of anilines is 2. The maximum atomic E-state index is 12.3. The number of hydrogen-bond donors (Lipinski definition) is 1. The summed E-state index contributed by atoms with van der Waals surface area (Å²) in [6, 6.07) is 19.6. The SMILES string of the molecule is COc1ccc(C(=NCCc2ccc(NS(C)(=O)=O)cc2)N2CCCc3cc(C4=NN(C)C(=O)SC4(C)C)ccc32)cc1OC. The topological polar surface area (TPSA) is 113 Å². The number of nitrogens with one attached hydrogen (secondary N) is 1. The molecule has 2 aliphatic rings. The van der Waals surface area contributed by atoms with Gasteiger partial charge in [-0.1, -0.05) is 30.0 Å². The molecule has 3 aromatic rings. The predicted octanol–water partition coefficient (Wildman–Crippen LogP) is 5.80. The fourth-order valence-corrected chi connectivity index (χ4v) is 6.99. The minimum atomic E-state index is -3.34. The molecule has 0 spiro atoms. The minimum absolute atomic E-state index is 0.0647. The quantitative estimate of drug-likeness (QED) is 0.230. The normalized spacial score (nSPS) is 16.6. The van der Waals surface area contributed by atoms with Gasteiger partial charge in [-0.15, -0.1) is 0 Å². The third-order valence-corrected chi connectivity index (χ3v) is 9.46. The Morgan fingerprint density at radius 2 is 1.78 bits per heavy atom. The van der Waals surface area contributed by atoms with Crippen molar-refractivity contribution in [2.24, 2.45) is 10.1 Å². The summed E-state index contributed by atoms with van der Waals surface area (Å²) in [7, 11) is 1.59. The summed E-state index contributed by atoms with van der Waals surface area (Å²) in [6.07, 6.45) is 3.67. The van der Waals surface area contributed by atoms with E-state index < -0.39 is 14.8 Å². The molecule has 3 aromatic carbocycles. The number of thioether (sulfide) groups is 1. The third-order valence-electron chi connectivity index (χ3n) is 7.72. The lowest BCUT2D eigenvalue weighted by molar-refractivity contribution is 0.234.